The number of rotatable bonds is 4. The van der Waals surface area contributed by atoms with Crippen molar-refractivity contribution < 1.29 is 15.0 Å². The highest BCUT2D eigenvalue weighted by Gasteiger charge is 2.08. The lowest BCUT2D eigenvalue weighted by molar-refractivity contribution is -0.121. The van der Waals surface area contributed by atoms with E-state index in [0.717, 1.165) is 0 Å². The molecule has 11 heavy (non-hydrogen) atoms. The normalized spacial score (nSPS) is 9.27. The van der Waals surface area contributed by atoms with E-state index in [1.807, 2.05) is 0 Å². The molecule has 0 aliphatic rings. The second-order valence-corrected chi connectivity index (χ2v) is 1.96. The summed E-state index contributed by atoms with van der Waals surface area (Å²) >= 11 is 0. The molecular formula is C6H10N2O3. The van der Waals surface area contributed by atoms with Gasteiger partial charge in [0.25, 0.3) is 0 Å². The minimum absolute atomic E-state index is 0.253. The van der Waals surface area contributed by atoms with Gasteiger partial charge in [-0.25, -0.2) is 0 Å². The van der Waals surface area contributed by atoms with Gasteiger partial charge in [0, 0.05) is 0 Å². The molecule has 0 aromatic carbocycles. The third-order valence-electron chi connectivity index (χ3n) is 1.05. The zero-order valence-electron chi connectivity index (χ0n) is 5.95. The van der Waals surface area contributed by atoms with Crippen molar-refractivity contribution in [3.63, 3.8) is 0 Å². The topological polar surface area (TPSA) is 93.4 Å². The molecule has 5 heteroatoms. The Kier molecular flexibility index (Phi) is 5.07. The molecule has 0 bridgehead atoms. The summed E-state index contributed by atoms with van der Waals surface area (Å²) in [6, 6.07) is 0.989. The fraction of sp³-hybridized carbons (Fsp3) is 0.667. The van der Waals surface area contributed by atoms with Gasteiger partial charge in [0.1, 0.15) is 6.42 Å². The summed E-state index contributed by atoms with van der Waals surface area (Å²) in [5.74, 6) is -0.486. The number of aliphatic hydroxyl groups is 2. The molecule has 0 heterocycles. The highest BCUT2D eigenvalue weighted by molar-refractivity contribution is 5.78. The van der Waals surface area contributed by atoms with Gasteiger partial charge in [-0.1, -0.05) is 0 Å². The Hall–Kier alpha value is -1.12. The van der Waals surface area contributed by atoms with Crippen LogP contribution in [0.4, 0.5) is 0 Å². The van der Waals surface area contributed by atoms with E-state index >= 15 is 0 Å². The zero-order valence-corrected chi connectivity index (χ0v) is 5.95. The van der Waals surface area contributed by atoms with E-state index in [-0.39, 0.29) is 19.6 Å². The van der Waals surface area contributed by atoms with Gasteiger partial charge in [-0.05, 0) is 0 Å². The zero-order chi connectivity index (χ0) is 8.69. The Morgan fingerprint density at radius 1 is 1.55 bits per heavy atom. The van der Waals surface area contributed by atoms with E-state index < -0.39 is 11.9 Å². The van der Waals surface area contributed by atoms with Crippen LogP contribution < -0.4 is 5.32 Å². The summed E-state index contributed by atoms with van der Waals surface area (Å²) < 4.78 is 0. The monoisotopic (exact) mass is 158 g/mol. The molecule has 1 amide bonds. The maximum atomic E-state index is 10.6. The summed E-state index contributed by atoms with van der Waals surface area (Å²) in [7, 11) is 0. The van der Waals surface area contributed by atoms with Gasteiger partial charge in [-0.2, -0.15) is 5.26 Å². The molecule has 0 aromatic rings. The van der Waals surface area contributed by atoms with Crippen LogP contribution in [0, 0.1) is 11.3 Å². The van der Waals surface area contributed by atoms with Crippen LogP contribution in [0.15, 0.2) is 0 Å². The summed E-state index contributed by atoms with van der Waals surface area (Å²) in [6.45, 7) is -0.651. The molecule has 0 saturated heterocycles. The van der Waals surface area contributed by atoms with E-state index in [2.05, 4.69) is 5.32 Å². The number of hydrogen-bond acceptors (Lipinski definition) is 4. The van der Waals surface area contributed by atoms with Crippen LogP contribution in [-0.2, 0) is 4.79 Å². The standard InChI is InChI=1S/C6H10N2O3/c7-2-1-6(11)8-5(3-9)4-10/h5,9-10H,1,3-4H2,(H,8,11). The summed E-state index contributed by atoms with van der Waals surface area (Å²) in [4.78, 5) is 10.6. The number of nitrogens with zero attached hydrogens (tertiary/aromatic N) is 1. The SMILES string of the molecule is N#CCC(=O)NC(CO)CO. The molecule has 0 saturated carbocycles. The maximum absolute atomic E-state index is 10.6. The molecule has 0 rings (SSSR count). The van der Waals surface area contributed by atoms with E-state index in [9.17, 15) is 4.79 Å². The first-order valence-electron chi connectivity index (χ1n) is 3.12. The van der Waals surface area contributed by atoms with Crippen molar-refractivity contribution in [3.8, 4) is 6.07 Å². The van der Waals surface area contributed by atoms with Crippen molar-refractivity contribution in [3.05, 3.63) is 0 Å². The number of amides is 1. The third-order valence-corrected chi connectivity index (χ3v) is 1.05. The van der Waals surface area contributed by atoms with Gasteiger partial charge in [0.15, 0.2) is 0 Å². The van der Waals surface area contributed by atoms with Gasteiger partial charge < -0.3 is 15.5 Å². The Balaban J connectivity index is 3.64. The molecule has 62 valence electrons. The second kappa shape index (κ2) is 5.65. The molecule has 0 atom stereocenters. The minimum atomic E-state index is -0.657. The number of hydrogen-bond donors (Lipinski definition) is 3. The Morgan fingerprint density at radius 3 is 2.45 bits per heavy atom. The van der Waals surface area contributed by atoms with Crippen LogP contribution in [0.3, 0.4) is 0 Å². The van der Waals surface area contributed by atoms with Gasteiger partial charge >= 0.3 is 0 Å². The molecular weight excluding hydrogens is 148 g/mol. The molecule has 0 fully saturated rings. The van der Waals surface area contributed by atoms with Crippen LogP contribution in [0.25, 0.3) is 0 Å². The number of nitrogens with one attached hydrogen (secondary N) is 1. The molecule has 0 unspecified atom stereocenters. The number of carbonyl (C=O) groups excluding carboxylic acids is 1. The predicted molar refractivity (Wildman–Crippen MR) is 36.3 cm³/mol. The number of nitriles is 1. The second-order valence-electron chi connectivity index (χ2n) is 1.96. The van der Waals surface area contributed by atoms with Crippen LogP contribution in [0.5, 0.6) is 0 Å². The maximum Gasteiger partial charge on any atom is 0.234 e. The fourth-order valence-corrected chi connectivity index (χ4v) is 0.500. The average Bonchev–Trinajstić information content (AvgIpc) is 2.01. The molecule has 0 aliphatic heterocycles. The van der Waals surface area contributed by atoms with Gasteiger partial charge in [-0.15, -0.1) is 0 Å². The highest BCUT2D eigenvalue weighted by Crippen LogP contribution is 1.82. The van der Waals surface area contributed by atoms with Crippen molar-refractivity contribution in [1.29, 1.82) is 5.26 Å². The quantitative estimate of drug-likeness (QED) is 0.458. The number of aliphatic hydroxyl groups excluding tert-OH is 2. The van der Waals surface area contributed by atoms with Crippen molar-refractivity contribution in [2.75, 3.05) is 13.2 Å². The fourth-order valence-electron chi connectivity index (χ4n) is 0.500. The average molecular weight is 158 g/mol. The Morgan fingerprint density at radius 2 is 2.09 bits per heavy atom. The van der Waals surface area contributed by atoms with Crippen molar-refractivity contribution >= 4 is 5.91 Å². The predicted octanol–water partition coefficient (Wildman–Crippen LogP) is -1.63. The Bertz CT molecular complexity index is 160. The van der Waals surface area contributed by atoms with Gasteiger partial charge in [0.2, 0.25) is 5.91 Å². The summed E-state index contributed by atoms with van der Waals surface area (Å²) in [5, 5.41) is 27.3. The van der Waals surface area contributed by atoms with Crippen LogP contribution in [0.1, 0.15) is 6.42 Å². The van der Waals surface area contributed by atoms with Crippen molar-refractivity contribution in [2.45, 2.75) is 12.5 Å². The lowest BCUT2D eigenvalue weighted by Gasteiger charge is -2.10. The molecule has 0 radical (unpaired) electrons. The highest BCUT2D eigenvalue weighted by atomic mass is 16.3. The molecule has 5 nitrogen and oxygen atoms in total. The first-order chi connectivity index (χ1) is 5.24. The largest absolute Gasteiger partial charge is 0.394 e. The van der Waals surface area contributed by atoms with Crippen LogP contribution in [0.2, 0.25) is 0 Å². The van der Waals surface area contributed by atoms with E-state index in [4.69, 9.17) is 15.5 Å². The van der Waals surface area contributed by atoms with Crippen molar-refractivity contribution in [2.24, 2.45) is 0 Å². The van der Waals surface area contributed by atoms with E-state index in [0.29, 0.717) is 0 Å². The molecule has 0 aliphatic carbocycles. The molecule has 0 spiro atoms. The number of carbonyl (C=O) groups is 1. The van der Waals surface area contributed by atoms with E-state index in [1.165, 1.54) is 0 Å². The van der Waals surface area contributed by atoms with Crippen molar-refractivity contribution in [1.82, 2.24) is 5.32 Å². The lowest BCUT2D eigenvalue weighted by atomic mass is 10.3. The molecule has 0 aromatic heterocycles. The van der Waals surface area contributed by atoms with Gasteiger partial charge in [-0.3, -0.25) is 4.79 Å². The lowest BCUT2D eigenvalue weighted by Crippen LogP contribution is -2.39. The van der Waals surface area contributed by atoms with Gasteiger partial charge in [0.05, 0.1) is 25.3 Å². The summed E-state index contributed by atoms with van der Waals surface area (Å²) in [5.41, 5.74) is 0. The minimum Gasteiger partial charge on any atom is -0.394 e. The van der Waals surface area contributed by atoms with Crippen LogP contribution in [-0.4, -0.2) is 35.4 Å². The Labute approximate surface area is 64.3 Å². The smallest absolute Gasteiger partial charge is 0.234 e. The first-order valence-corrected chi connectivity index (χ1v) is 3.12. The van der Waals surface area contributed by atoms with Crippen LogP contribution >= 0.6 is 0 Å². The first kappa shape index (κ1) is 9.88. The summed E-state index contributed by atoms with van der Waals surface area (Å²) in [6.07, 6.45) is -0.253. The third kappa shape index (κ3) is 4.31. The van der Waals surface area contributed by atoms with E-state index in [1.54, 1.807) is 6.07 Å². The molecule has 3 N–H and O–H groups in total.